The van der Waals surface area contributed by atoms with Crippen molar-refractivity contribution in [3.05, 3.63) is 0 Å². The van der Waals surface area contributed by atoms with Crippen LogP contribution in [-0.2, 0) is 9.59 Å². The van der Waals surface area contributed by atoms with Crippen LogP contribution < -0.4 is 0 Å². The van der Waals surface area contributed by atoms with E-state index in [1.807, 2.05) is 0 Å². The van der Waals surface area contributed by atoms with E-state index in [0.29, 0.717) is 12.8 Å². The van der Waals surface area contributed by atoms with Crippen molar-refractivity contribution >= 4 is 11.9 Å². The molecule has 0 aliphatic rings. The van der Waals surface area contributed by atoms with E-state index in [-0.39, 0.29) is 12.8 Å². The molecule has 0 aromatic rings. The number of hydrogen-bond donors (Lipinski definition) is 4. The number of aliphatic hydroxyl groups is 2. The van der Waals surface area contributed by atoms with Gasteiger partial charge in [-0.25, -0.2) is 0 Å². The van der Waals surface area contributed by atoms with E-state index in [4.69, 9.17) is 10.2 Å². The Hall–Kier alpha value is -1.14. The Balaban J connectivity index is 0. The summed E-state index contributed by atoms with van der Waals surface area (Å²) in [7, 11) is 0. The number of aliphatic carboxylic acids is 2. The standard InChI is InChI=1S/2C11H22O3/c2*1-2-3-4-5-6-7-8-10(12)9-11(13)14/h2*10,12H,2-9H2,1H3,(H,13,14). The third kappa shape index (κ3) is 27.1. The molecule has 0 radical (unpaired) electrons. The highest BCUT2D eigenvalue weighted by Crippen LogP contribution is 2.11. The molecule has 0 fully saturated rings. The van der Waals surface area contributed by atoms with Gasteiger partial charge in [-0.1, -0.05) is 90.9 Å². The third-order valence-corrected chi connectivity index (χ3v) is 4.60. The maximum atomic E-state index is 10.2. The van der Waals surface area contributed by atoms with Crippen molar-refractivity contribution in [2.24, 2.45) is 0 Å². The zero-order chi connectivity index (χ0) is 21.6. The van der Waals surface area contributed by atoms with Gasteiger partial charge in [0.15, 0.2) is 0 Å². The van der Waals surface area contributed by atoms with Crippen LogP contribution in [-0.4, -0.2) is 44.6 Å². The van der Waals surface area contributed by atoms with Crippen molar-refractivity contribution in [2.45, 2.75) is 129 Å². The zero-order valence-electron chi connectivity index (χ0n) is 18.1. The quantitative estimate of drug-likeness (QED) is 0.235. The van der Waals surface area contributed by atoms with Crippen LogP contribution in [0.2, 0.25) is 0 Å². The third-order valence-electron chi connectivity index (χ3n) is 4.60. The zero-order valence-corrected chi connectivity index (χ0v) is 18.1. The molecule has 0 saturated heterocycles. The van der Waals surface area contributed by atoms with Crippen LogP contribution in [0.3, 0.4) is 0 Å². The first-order valence-electron chi connectivity index (χ1n) is 11.1. The first-order valence-corrected chi connectivity index (χ1v) is 11.1. The SMILES string of the molecule is CCCCCCCCC(O)CC(=O)O.CCCCCCCCC(O)CC(=O)O. The summed E-state index contributed by atoms with van der Waals surface area (Å²) in [6, 6.07) is 0. The lowest BCUT2D eigenvalue weighted by Gasteiger charge is -2.06. The fourth-order valence-electron chi connectivity index (χ4n) is 2.93. The summed E-state index contributed by atoms with van der Waals surface area (Å²) in [6.07, 6.45) is 13.7. The van der Waals surface area contributed by atoms with E-state index in [1.165, 1.54) is 51.4 Å². The van der Waals surface area contributed by atoms with Crippen LogP contribution >= 0.6 is 0 Å². The molecule has 168 valence electrons. The van der Waals surface area contributed by atoms with Gasteiger partial charge in [-0.15, -0.1) is 0 Å². The molecule has 28 heavy (non-hydrogen) atoms. The summed E-state index contributed by atoms with van der Waals surface area (Å²) in [5, 5.41) is 35.3. The number of carboxylic acid groups (broad SMARTS) is 2. The second-order valence-electron chi connectivity index (χ2n) is 7.62. The topological polar surface area (TPSA) is 115 Å². The van der Waals surface area contributed by atoms with Crippen LogP contribution in [0.1, 0.15) is 117 Å². The highest BCUT2D eigenvalue weighted by molar-refractivity contribution is 5.67. The Morgan fingerprint density at radius 3 is 1.14 bits per heavy atom. The van der Waals surface area contributed by atoms with E-state index in [1.54, 1.807) is 0 Å². The lowest BCUT2D eigenvalue weighted by Crippen LogP contribution is -2.12. The number of rotatable bonds is 18. The second-order valence-corrected chi connectivity index (χ2v) is 7.62. The lowest BCUT2D eigenvalue weighted by molar-refractivity contribution is -0.140. The van der Waals surface area contributed by atoms with Gasteiger partial charge in [0, 0.05) is 0 Å². The minimum Gasteiger partial charge on any atom is -0.481 e. The predicted molar refractivity (Wildman–Crippen MR) is 113 cm³/mol. The molecule has 0 heterocycles. The summed E-state index contributed by atoms with van der Waals surface area (Å²) < 4.78 is 0. The van der Waals surface area contributed by atoms with Crippen molar-refractivity contribution in [1.29, 1.82) is 0 Å². The molecular weight excluding hydrogens is 360 g/mol. The number of carbonyl (C=O) groups is 2. The molecule has 0 aromatic carbocycles. The van der Waals surface area contributed by atoms with E-state index < -0.39 is 24.1 Å². The van der Waals surface area contributed by atoms with Gasteiger partial charge in [0.2, 0.25) is 0 Å². The normalized spacial score (nSPS) is 12.7. The average molecular weight is 405 g/mol. The number of hydrogen-bond acceptors (Lipinski definition) is 4. The van der Waals surface area contributed by atoms with Gasteiger partial charge in [0.1, 0.15) is 0 Å². The van der Waals surface area contributed by atoms with Crippen molar-refractivity contribution in [1.82, 2.24) is 0 Å². The Bertz CT molecular complexity index is 325. The maximum absolute atomic E-state index is 10.2. The molecule has 0 aliphatic heterocycles. The highest BCUT2D eigenvalue weighted by Gasteiger charge is 2.09. The smallest absolute Gasteiger partial charge is 0.305 e. The predicted octanol–water partition coefficient (Wildman–Crippen LogP) is 5.15. The molecule has 0 bridgehead atoms. The van der Waals surface area contributed by atoms with Gasteiger partial charge in [-0.2, -0.15) is 0 Å². The fraction of sp³-hybridized carbons (Fsp3) is 0.909. The molecule has 0 saturated carbocycles. The van der Waals surface area contributed by atoms with Gasteiger partial charge < -0.3 is 20.4 Å². The average Bonchev–Trinajstić information content (AvgIpc) is 2.60. The van der Waals surface area contributed by atoms with Crippen molar-refractivity contribution in [3.63, 3.8) is 0 Å². The van der Waals surface area contributed by atoms with Crippen molar-refractivity contribution in [2.75, 3.05) is 0 Å². The number of unbranched alkanes of at least 4 members (excludes halogenated alkanes) is 10. The lowest BCUT2D eigenvalue weighted by atomic mass is 10.1. The van der Waals surface area contributed by atoms with Crippen LogP contribution in [0.15, 0.2) is 0 Å². The molecule has 0 aromatic heterocycles. The van der Waals surface area contributed by atoms with E-state index >= 15 is 0 Å². The first-order chi connectivity index (χ1) is 13.3. The molecule has 0 amide bonds. The molecule has 0 aliphatic carbocycles. The molecule has 0 rings (SSSR count). The minimum atomic E-state index is -0.913. The van der Waals surface area contributed by atoms with Gasteiger partial charge in [0.25, 0.3) is 0 Å². The van der Waals surface area contributed by atoms with Crippen molar-refractivity contribution < 1.29 is 30.0 Å². The molecule has 2 atom stereocenters. The summed E-state index contributed by atoms with van der Waals surface area (Å²) in [5.74, 6) is -1.83. The number of aliphatic hydroxyl groups excluding tert-OH is 2. The first kappa shape index (κ1) is 29.1. The molecule has 4 N–H and O–H groups in total. The van der Waals surface area contributed by atoms with Gasteiger partial charge >= 0.3 is 11.9 Å². The van der Waals surface area contributed by atoms with E-state index in [9.17, 15) is 19.8 Å². The fourth-order valence-corrected chi connectivity index (χ4v) is 2.93. The van der Waals surface area contributed by atoms with E-state index in [0.717, 1.165) is 25.7 Å². The summed E-state index contributed by atoms with van der Waals surface area (Å²) in [4.78, 5) is 20.4. The monoisotopic (exact) mass is 404 g/mol. The molecule has 6 heteroatoms. The van der Waals surface area contributed by atoms with Gasteiger partial charge in [0.05, 0.1) is 25.0 Å². The van der Waals surface area contributed by atoms with Crippen LogP contribution in [0.4, 0.5) is 0 Å². The summed E-state index contributed by atoms with van der Waals surface area (Å²) in [5.41, 5.74) is 0. The van der Waals surface area contributed by atoms with Crippen LogP contribution in [0.5, 0.6) is 0 Å². The molecule has 0 spiro atoms. The maximum Gasteiger partial charge on any atom is 0.305 e. The highest BCUT2D eigenvalue weighted by atomic mass is 16.4. The summed E-state index contributed by atoms with van der Waals surface area (Å²) in [6.45, 7) is 4.35. The van der Waals surface area contributed by atoms with E-state index in [2.05, 4.69) is 13.8 Å². The molecule has 6 nitrogen and oxygen atoms in total. The summed E-state index contributed by atoms with van der Waals surface area (Å²) >= 11 is 0. The second kappa shape index (κ2) is 22.2. The number of carboxylic acids is 2. The molecule has 2 unspecified atom stereocenters. The minimum absolute atomic E-state index is 0.116. The van der Waals surface area contributed by atoms with Crippen LogP contribution in [0.25, 0.3) is 0 Å². The largest absolute Gasteiger partial charge is 0.481 e. The Labute approximate surface area is 171 Å². The Morgan fingerprint density at radius 2 is 0.857 bits per heavy atom. The Kier molecular flexibility index (Phi) is 23.0. The van der Waals surface area contributed by atoms with Crippen LogP contribution in [0, 0.1) is 0 Å². The molecular formula is C22H44O6. The Morgan fingerprint density at radius 1 is 0.571 bits per heavy atom. The van der Waals surface area contributed by atoms with Crippen molar-refractivity contribution in [3.8, 4) is 0 Å². The van der Waals surface area contributed by atoms with Gasteiger partial charge in [-0.3, -0.25) is 9.59 Å². The van der Waals surface area contributed by atoms with Gasteiger partial charge in [-0.05, 0) is 12.8 Å².